The first-order valence-electron chi connectivity index (χ1n) is 3.76. The molecular weight excluding hydrogens is 232 g/mol. The van der Waals surface area contributed by atoms with Gasteiger partial charge < -0.3 is 10.8 Å². The van der Waals surface area contributed by atoms with Crippen molar-refractivity contribution in [2.45, 2.75) is 12.5 Å². The third-order valence-electron chi connectivity index (χ3n) is 1.72. The first-order chi connectivity index (χ1) is 6.16. The van der Waals surface area contributed by atoms with Gasteiger partial charge in [0.05, 0.1) is 17.0 Å². The summed E-state index contributed by atoms with van der Waals surface area (Å²) in [7, 11) is 0. The maximum absolute atomic E-state index is 9.33. The molecule has 0 amide bonds. The third-order valence-corrected chi connectivity index (χ3v) is 2.58. The summed E-state index contributed by atoms with van der Waals surface area (Å²) in [4.78, 5) is 0. The lowest BCUT2D eigenvalue weighted by atomic mass is 10.1. The largest absolute Gasteiger partial charge is 0.507 e. The van der Waals surface area contributed by atoms with E-state index in [-0.39, 0.29) is 18.2 Å². The molecule has 1 atom stereocenters. The number of nitrogens with two attached hydrogens (primary N) is 1. The van der Waals surface area contributed by atoms with Crippen LogP contribution >= 0.6 is 15.9 Å². The van der Waals surface area contributed by atoms with Crippen LogP contribution in [0, 0.1) is 11.3 Å². The Labute approximate surface area is 84.9 Å². The fourth-order valence-electron chi connectivity index (χ4n) is 1.03. The second-order valence-corrected chi connectivity index (χ2v) is 3.44. The van der Waals surface area contributed by atoms with Crippen LogP contribution in [-0.4, -0.2) is 5.11 Å². The van der Waals surface area contributed by atoms with Gasteiger partial charge in [-0.3, -0.25) is 0 Å². The minimum atomic E-state index is -0.355. The van der Waals surface area contributed by atoms with Gasteiger partial charge in [-0.05, 0) is 27.6 Å². The van der Waals surface area contributed by atoms with Crippen LogP contribution in [-0.2, 0) is 0 Å². The minimum absolute atomic E-state index is 0.144. The molecular formula is C9H9BrN2O. The predicted molar refractivity (Wildman–Crippen MR) is 53.0 cm³/mol. The normalized spacial score (nSPS) is 12.1. The first kappa shape index (κ1) is 10.0. The third kappa shape index (κ3) is 2.20. The van der Waals surface area contributed by atoms with E-state index in [1.54, 1.807) is 18.2 Å². The highest BCUT2D eigenvalue weighted by Gasteiger charge is 2.11. The topological polar surface area (TPSA) is 70.0 Å². The molecule has 0 aliphatic rings. The van der Waals surface area contributed by atoms with Gasteiger partial charge in [0, 0.05) is 6.04 Å². The number of rotatable bonds is 2. The van der Waals surface area contributed by atoms with Crippen molar-refractivity contribution in [3.8, 4) is 11.8 Å². The minimum Gasteiger partial charge on any atom is -0.507 e. The number of nitriles is 1. The van der Waals surface area contributed by atoms with Crippen LogP contribution in [0.5, 0.6) is 5.75 Å². The van der Waals surface area contributed by atoms with Crippen molar-refractivity contribution >= 4 is 15.9 Å². The van der Waals surface area contributed by atoms with Gasteiger partial charge in [-0.1, -0.05) is 12.1 Å². The number of aromatic hydroxyl groups is 1. The number of halogens is 1. The summed E-state index contributed by atoms with van der Waals surface area (Å²) in [5.41, 5.74) is 6.46. The first-order valence-corrected chi connectivity index (χ1v) is 4.56. The maximum atomic E-state index is 9.33. The lowest BCUT2D eigenvalue weighted by Gasteiger charge is -2.10. The number of nitrogens with zero attached hydrogens (tertiary/aromatic N) is 1. The molecule has 0 saturated carbocycles. The molecule has 13 heavy (non-hydrogen) atoms. The van der Waals surface area contributed by atoms with E-state index in [9.17, 15) is 5.11 Å². The molecule has 1 rings (SSSR count). The van der Waals surface area contributed by atoms with Crippen LogP contribution in [0.15, 0.2) is 22.7 Å². The highest BCUT2D eigenvalue weighted by atomic mass is 79.9. The molecule has 1 aromatic rings. The van der Waals surface area contributed by atoms with Crippen molar-refractivity contribution in [1.29, 1.82) is 5.26 Å². The van der Waals surface area contributed by atoms with E-state index in [1.165, 1.54) is 0 Å². The summed E-state index contributed by atoms with van der Waals surface area (Å²) < 4.78 is 0.567. The van der Waals surface area contributed by atoms with Crippen LogP contribution < -0.4 is 5.73 Å². The molecule has 0 aliphatic heterocycles. The van der Waals surface area contributed by atoms with Gasteiger partial charge in [-0.25, -0.2) is 0 Å². The Bertz CT molecular complexity index is 346. The van der Waals surface area contributed by atoms with E-state index in [0.717, 1.165) is 5.56 Å². The standard InChI is InChI=1S/C9H9BrN2O/c10-9-6(7(12)4-5-11)2-1-3-8(9)13/h1-3,7,13H,4,12H2. The second-order valence-electron chi connectivity index (χ2n) is 2.65. The van der Waals surface area contributed by atoms with Crippen molar-refractivity contribution in [3.05, 3.63) is 28.2 Å². The van der Waals surface area contributed by atoms with E-state index in [2.05, 4.69) is 15.9 Å². The predicted octanol–water partition coefficient (Wildman–Crippen LogP) is 2.07. The number of phenolic OH excluding ortho intramolecular Hbond substituents is 1. The molecule has 0 bridgehead atoms. The Balaban J connectivity index is 3.02. The van der Waals surface area contributed by atoms with Gasteiger partial charge in [0.25, 0.3) is 0 Å². The quantitative estimate of drug-likeness (QED) is 0.832. The average molecular weight is 241 g/mol. The summed E-state index contributed by atoms with van der Waals surface area (Å²) >= 11 is 3.21. The van der Waals surface area contributed by atoms with Gasteiger partial charge in [-0.15, -0.1) is 0 Å². The van der Waals surface area contributed by atoms with Gasteiger partial charge in [0.15, 0.2) is 0 Å². The number of benzene rings is 1. The fraction of sp³-hybridized carbons (Fsp3) is 0.222. The SMILES string of the molecule is N#CCC(N)c1cccc(O)c1Br. The number of hydrogen-bond acceptors (Lipinski definition) is 3. The highest BCUT2D eigenvalue weighted by molar-refractivity contribution is 9.10. The summed E-state index contributed by atoms with van der Waals surface area (Å²) in [5, 5.41) is 17.8. The average Bonchev–Trinajstić information content (AvgIpc) is 2.10. The number of hydrogen-bond donors (Lipinski definition) is 2. The Morgan fingerprint density at radius 3 is 2.92 bits per heavy atom. The zero-order valence-electron chi connectivity index (χ0n) is 6.87. The summed E-state index contributed by atoms with van der Waals surface area (Å²) in [6.45, 7) is 0. The zero-order chi connectivity index (χ0) is 9.84. The summed E-state index contributed by atoms with van der Waals surface area (Å²) in [6.07, 6.45) is 0.238. The van der Waals surface area contributed by atoms with E-state index in [0.29, 0.717) is 4.47 Å². The highest BCUT2D eigenvalue weighted by Crippen LogP contribution is 2.31. The maximum Gasteiger partial charge on any atom is 0.130 e. The van der Waals surface area contributed by atoms with Crippen LogP contribution in [0.3, 0.4) is 0 Å². The van der Waals surface area contributed by atoms with E-state index < -0.39 is 0 Å². The molecule has 4 heteroatoms. The number of phenols is 1. The van der Waals surface area contributed by atoms with Gasteiger partial charge >= 0.3 is 0 Å². The van der Waals surface area contributed by atoms with Gasteiger partial charge in [0.1, 0.15) is 5.75 Å². The van der Waals surface area contributed by atoms with Crippen molar-refractivity contribution < 1.29 is 5.11 Å². The monoisotopic (exact) mass is 240 g/mol. The Hall–Kier alpha value is -1.05. The molecule has 3 N–H and O–H groups in total. The lowest BCUT2D eigenvalue weighted by molar-refractivity contribution is 0.470. The van der Waals surface area contributed by atoms with E-state index in [1.807, 2.05) is 6.07 Å². The zero-order valence-corrected chi connectivity index (χ0v) is 8.45. The Kier molecular flexibility index (Phi) is 3.29. The van der Waals surface area contributed by atoms with E-state index in [4.69, 9.17) is 11.0 Å². The van der Waals surface area contributed by atoms with Crippen molar-refractivity contribution in [1.82, 2.24) is 0 Å². The molecule has 3 nitrogen and oxygen atoms in total. The lowest BCUT2D eigenvalue weighted by Crippen LogP contribution is -2.09. The van der Waals surface area contributed by atoms with Gasteiger partial charge in [0.2, 0.25) is 0 Å². The van der Waals surface area contributed by atoms with Crippen LogP contribution in [0.4, 0.5) is 0 Å². The van der Waals surface area contributed by atoms with Crippen LogP contribution in [0.25, 0.3) is 0 Å². The van der Waals surface area contributed by atoms with Gasteiger partial charge in [-0.2, -0.15) is 5.26 Å². The molecule has 0 saturated heterocycles. The molecule has 0 aromatic heterocycles. The van der Waals surface area contributed by atoms with Crippen molar-refractivity contribution in [3.63, 3.8) is 0 Å². The molecule has 1 unspecified atom stereocenters. The molecule has 0 aliphatic carbocycles. The second kappa shape index (κ2) is 4.26. The van der Waals surface area contributed by atoms with Crippen molar-refractivity contribution in [2.75, 3.05) is 0 Å². The molecule has 68 valence electrons. The molecule has 0 spiro atoms. The smallest absolute Gasteiger partial charge is 0.130 e. The Morgan fingerprint density at radius 1 is 1.62 bits per heavy atom. The van der Waals surface area contributed by atoms with Crippen molar-refractivity contribution in [2.24, 2.45) is 5.73 Å². The van der Waals surface area contributed by atoms with E-state index >= 15 is 0 Å². The van der Waals surface area contributed by atoms with Crippen LogP contribution in [0.1, 0.15) is 18.0 Å². The summed E-state index contributed by atoms with van der Waals surface area (Å²) in [5.74, 6) is 0.144. The fourth-order valence-corrected chi connectivity index (χ4v) is 1.59. The molecule has 0 radical (unpaired) electrons. The summed E-state index contributed by atoms with van der Waals surface area (Å²) in [6, 6.07) is 6.68. The van der Waals surface area contributed by atoms with Crippen LogP contribution in [0.2, 0.25) is 0 Å². The Morgan fingerprint density at radius 2 is 2.31 bits per heavy atom. The molecule has 0 heterocycles. The molecule has 1 aromatic carbocycles. The molecule has 0 fully saturated rings.